The van der Waals surface area contributed by atoms with Crippen molar-refractivity contribution >= 4 is 29.1 Å². The van der Waals surface area contributed by atoms with Crippen molar-refractivity contribution in [3.8, 4) is 17.1 Å². The minimum Gasteiger partial charge on any atom is -0.349 e. The number of carbonyl (C=O) groups excluding carboxylic acids is 1. The molecule has 3 aromatic rings. The lowest BCUT2D eigenvalue weighted by Crippen LogP contribution is -2.25. The lowest BCUT2D eigenvalue weighted by atomic mass is 10.1. The normalized spacial score (nSPS) is 10.8. The second-order valence-corrected chi connectivity index (χ2v) is 6.66. The number of nitrogens with one attached hydrogen (secondary N) is 1. The quantitative estimate of drug-likeness (QED) is 0.689. The summed E-state index contributed by atoms with van der Waals surface area (Å²) < 4.78 is 1.63. The zero-order valence-electron chi connectivity index (χ0n) is 14.5. The van der Waals surface area contributed by atoms with Crippen molar-refractivity contribution in [1.82, 2.24) is 20.1 Å². The Hall–Kier alpha value is -2.37. The van der Waals surface area contributed by atoms with Crippen LogP contribution in [-0.4, -0.2) is 27.2 Å². The molecular formula is C19H18Cl2N4O. The molecule has 3 rings (SSSR count). The van der Waals surface area contributed by atoms with E-state index >= 15 is 0 Å². The minimum absolute atomic E-state index is 0.104. The molecule has 0 radical (unpaired) electrons. The van der Waals surface area contributed by atoms with E-state index in [0.29, 0.717) is 22.4 Å². The van der Waals surface area contributed by atoms with Crippen molar-refractivity contribution in [1.29, 1.82) is 0 Å². The highest BCUT2D eigenvalue weighted by Gasteiger charge is 2.20. The molecule has 26 heavy (non-hydrogen) atoms. The van der Waals surface area contributed by atoms with E-state index in [2.05, 4.69) is 15.4 Å². The first kappa shape index (κ1) is 18.4. The van der Waals surface area contributed by atoms with Crippen LogP contribution < -0.4 is 5.32 Å². The summed E-state index contributed by atoms with van der Waals surface area (Å²) in [5.74, 6) is 0.320. The van der Waals surface area contributed by atoms with Gasteiger partial charge >= 0.3 is 0 Å². The molecule has 0 unspecified atom stereocenters. The molecule has 0 aliphatic carbocycles. The second kappa shape index (κ2) is 7.89. The fourth-order valence-corrected chi connectivity index (χ4v) is 2.89. The first-order valence-electron chi connectivity index (χ1n) is 8.28. The molecule has 0 saturated heterocycles. The SMILES string of the molecule is CCCNC(=O)c1nc(-c2cccc(Cl)c2)n(-c2cccc(Cl)c2C)n1. The average molecular weight is 389 g/mol. The Morgan fingerprint density at radius 1 is 1.19 bits per heavy atom. The first-order valence-corrected chi connectivity index (χ1v) is 9.03. The van der Waals surface area contributed by atoms with Gasteiger partial charge in [0.25, 0.3) is 5.91 Å². The number of aromatic nitrogens is 3. The molecule has 7 heteroatoms. The van der Waals surface area contributed by atoms with Crippen LogP contribution in [0.4, 0.5) is 0 Å². The summed E-state index contributed by atoms with van der Waals surface area (Å²) in [7, 11) is 0. The van der Waals surface area contributed by atoms with Gasteiger partial charge < -0.3 is 5.32 Å². The van der Waals surface area contributed by atoms with Crippen molar-refractivity contribution in [3.05, 3.63) is 63.9 Å². The number of benzene rings is 2. The van der Waals surface area contributed by atoms with Gasteiger partial charge in [-0.25, -0.2) is 9.67 Å². The standard InChI is InChI=1S/C19H18Cl2N4O/c1-3-10-22-19(26)17-23-18(13-6-4-7-14(20)11-13)25(24-17)16-9-5-8-15(21)12(16)2/h4-9,11H,3,10H2,1-2H3,(H,22,26). The van der Waals surface area contributed by atoms with Crippen molar-refractivity contribution in [2.45, 2.75) is 20.3 Å². The number of halogens is 2. The number of amides is 1. The maximum atomic E-state index is 12.3. The summed E-state index contributed by atoms with van der Waals surface area (Å²) in [6.45, 7) is 4.45. The molecule has 1 heterocycles. The summed E-state index contributed by atoms with van der Waals surface area (Å²) in [6.07, 6.45) is 0.834. The fraction of sp³-hybridized carbons (Fsp3) is 0.211. The number of nitrogens with zero attached hydrogens (tertiary/aromatic N) is 3. The van der Waals surface area contributed by atoms with Gasteiger partial charge in [-0.15, -0.1) is 5.10 Å². The molecule has 1 amide bonds. The molecule has 0 aliphatic rings. The van der Waals surface area contributed by atoms with E-state index in [1.165, 1.54) is 0 Å². The van der Waals surface area contributed by atoms with Gasteiger partial charge in [0, 0.05) is 22.2 Å². The van der Waals surface area contributed by atoms with Crippen LogP contribution in [-0.2, 0) is 0 Å². The molecule has 0 bridgehead atoms. The molecule has 0 aliphatic heterocycles. The van der Waals surface area contributed by atoms with Gasteiger partial charge in [-0.2, -0.15) is 0 Å². The average Bonchev–Trinajstić information content (AvgIpc) is 3.07. The Kier molecular flexibility index (Phi) is 5.59. The highest BCUT2D eigenvalue weighted by atomic mass is 35.5. The van der Waals surface area contributed by atoms with E-state index in [1.54, 1.807) is 16.8 Å². The van der Waals surface area contributed by atoms with E-state index in [1.807, 2.05) is 44.2 Å². The maximum absolute atomic E-state index is 12.3. The largest absolute Gasteiger partial charge is 0.349 e. The summed E-state index contributed by atoms with van der Waals surface area (Å²) in [5.41, 5.74) is 2.37. The van der Waals surface area contributed by atoms with Crippen molar-refractivity contribution < 1.29 is 4.79 Å². The fourth-order valence-electron chi connectivity index (χ4n) is 2.53. The highest BCUT2D eigenvalue weighted by Crippen LogP contribution is 2.28. The van der Waals surface area contributed by atoms with Crippen LogP contribution in [0.2, 0.25) is 10.0 Å². The lowest BCUT2D eigenvalue weighted by molar-refractivity contribution is 0.0943. The van der Waals surface area contributed by atoms with Crippen LogP contribution in [0, 0.1) is 6.92 Å². The summed E-state index contributed by atoms with van der Waals surface area (Å²) in [5, 5.41) is 8.43. The van der Waals surface area contributed by atoms with E-state index in [0.717, 1.165) is 23.2 Å². The third-order valence-corrected chi connectivity index (χ3v) is 4.54. The number of hydrogen-bond acceptors (Lipinski definition) is 3. The van der Waals surface area contributed by atoms with Gasteiger partial charge in [0.05, 0.1) is 5.69 Å². The van der Waals surface area contributed by atoms with Crippen LogP contribution in [0.5, 0.6) is 0 Å². The van der Waals surface area contributed by atoms with E-state index < -0.39 is 0 Å². The molecule has 0 saturated carbocycles. The van der Waals surface area contributed by atoms with Crippen molar-refractivity contribution in [2.75, 3.05) is 6.54 Å². The van der Waals surface area contributed by atoms with Crippen LogP contribution in [0.1, 0.15) is 29.5 Å². The minimum atomic E-state index is -0.312. The second-order valence-electron chi connectivity index (χ2n) is 5.82. The van der Waals surface area contributed by atoms with E-state index in [9.17, 15) is 4.79 Å². The lowest BCUT2D eigenvalue weighted by Gasteiger charge is -2.10. The van der Waals surface area contributed by atoms with E-state index in [-0.39, 0.29) is 11.7 Å². The number of carbonyl (C=O) groups is 1. The Morgan fingerprint density at radius 3 is 2.69 bits per heavy atom. The predicted octanol–water partition coefficient (Wildman–Crippen LogP) is 4.69. The topological polar surface area (TPSA) is 59.8 Å². The monoisotopic (exact) mass is 388 g/mol. The third kappa shape index (κ3) is 3.74. The molecular weight excluding hydrogens is 371 g/mol. The smallest absolute Gasteiger partial charge is 0.290 e. The molecule has 0 fully saturated rings. The Balaban J connectivity index is 2.16. The zero-order valence-corrected chi connectivity index (χ0v) is 16.0. The van der Waals surface area contributed by atoms with Gasteiger partial charge in [-0.1, -0.05) is 48.3 Å². The molecule has 0 spiro atoms. The molecule has 134 valence electrons. The molecule has 1 N–H and O–H groups in total. The van der Waals surface area contributed by atoms with Crippen LogP contribution >= 0.6 is 23.2 Å². The highest BCUT2D eigenvalue weighted by molar-refractivity contribution is 6.31. The Bertz CT molecular complexity index is 952. The number of hydrogen-bond donors (Lipinski definition) is 1. The Morgan fingerprint density at radius 2 is 1.96 bits per heavy atom. The Labute approximate surface area is 162 Å². The third-order valence-electron chi connectivity index (χ3n) is 3.90. The van der Waals surface area contributed by atoms with Gasteiger partial charge in [0.1, 0.15) is 0 Å². The first-order chi connectivity index (χ1) is 12.5. The summed E-state index contributed by atoms with van der Waals surface area (Å²) in [4.78, 5) is 16.8. The predicted molar refractivity (Wildman–Crippen MR) is 104 cm³/mol. The zero-order chi connectivity index (χ0) is 18.7. The number of rotatable bonds is 5. The molecule has 0 atom stereocenters. The summed E-state index contributed by atoms with van der Waals surface area (Å²) >= 11 is 12.4. The molecule has 2 aromatic carbocycles. The molecule has 1 aromatic heterocycles. The van der Waals surface area contributed by atoms with Gasteiger partial charge in [0.15, 0.2) is 5.82 Å². The van der Waals surface area contributed by atoms with Gasteiger partial charge in [-0.05, 0) is 43.2 Å². The van der Waals surface area contributed by atoms with Gasteiger partial charge in [0.2, 0.25) is 5.82 Å². The van der Waals surface area contributed by atoms with Crippen LogP contribution in [0.15, 0.2) is 42.5 Å². The van der Waals surface area contributed by atoms with Crippen molar-refractivity contribution in [3.63, 3.8) is 0 Å². The van der Waals surface area contributed by atoms with Crippen LogP contribution in [0.25, 0.3) is 17.1 Å². The summed E-state index contributed by atoms with van der Waals surface area (Å²) in [6, 6.07) is 12.8. The van der Waals surface area contributed by atoms with E-state index in [4.69, 9.17) is 23.2 Å². The van der Waals surface area contributed by atoms with Crippen LogP contribution in [0.3, 0.4) is 0 Å². The maximum Gasteiger partial charge on any atom is 0.290 e. The molecule has 5 nitrogen and oxygen atoms in total. The van der Waals surface area contributed by atoms with Gasteiger partial charge in [-0.3, -0.25) is 4.79 Å². The van der Waals surface area contributed by atoms with Crippen molar-refractivity contribution in [2.24, 2.45) is 0 Å².